The van der Waals surface area contributed by atoms with Gasteiger partial charge in [0.2, 0.25) is 11.3 Å². The van der Waals surface area contributed by atoms with E-state index in [1.165, 1.54) is 0 Å². The summed E-state index contributed by atoms with van der Waals surface area (Å²) in [6.45, 7) is 0. The minimum absolute atomic E-state index is 0.206. The first kappa shape index (κ1) is 11.9. The average Bonchev–Trinajstić information content (AvgIpc) is 2.54. The third kappa shape index (κ3) is 1.61. The van der Waals surface area contributed by atoms with E-state index in [0.29, 0.717) is 16.6 Å². The standard InChI is InChI=1S/C18H11NO2/c20-17-14-10-4-8-13-9-5-11-19(16(13)14)18(21)15(17)12-6-2-1-3-7-12/h1-11H. The molecular weight excluding hydrogens is 262 g/mol. The zero-order valence-corrected chi connectivity index (χ0v) is 11.1. The fourth-order valence-electron chi connectivity index (χ4n) is 2.84. The van der Waals surface area contributed by atoms with Gasteiger partial charge in [0.15, 0.2) is 12.1 Å². The number of benzene rings is 2. The highest BCUT2D eigenvalue weighted by Crippen LogP contribution is 2.29. The lowest BCUT2D eigenvalue weighted by Crippen LogP contribution is -2.44. The van der Waals surface area contributed by atoms with Gasteiger partial charge in [-0.25, -0.2) is 0 Å². The van der Waals surface area contributed by atoms with Crippen molar-refractivity contribution in [3.05, 3.63) is 78.0 Å². The first-order valence-corrected chi connectivity index (χ1v) is 6.72. The number of allylic oxidation sites excluding steroid dienone is 1. The fourth-order valence-corrected chi connectivity index (χ4v) is 2.84. The molecule has 1 aliphatic rings. The summed E-state index contributed by atoms with van der Waals surface area (Å²) in [4.78, 5) is 12.7. The average molecular weight is 273 g/mol. The molecule has 3 heteroatoms. The Balaban J connectivity index is 2.11. The molecule has 0 spiro atoms. The van der Waals surface area contributed by atoms with E-state index in [-0.39, 0.29) is 17.2 Å². The van der Waals surface area contributed by atoms with Crippen LogP contribution in [-0.4, -0.2) is 5.78 Å². The lowest BCUT2D eigenvalue weighted by atomic mass is 9.92. The van der Waals surface area contributed by atoms with Crippen LogP contribution in [0.3, 0.4) is 0 Å². The van der Waals surface area contributed by atoms with Gasteiger partial charge < -0.3 is 5.11 Å². The summed E-state index contributed by atoms with van der Waals surface area (Å²) in [7, 11) is 0. The molecule has 0 atom stereocenters. The second kappa shape index (κ2) is 4.28. The van der Waals surface area contributed by atoms with Crippen LogP contribution in [-0.2, 0) is 0 Å². The smallest absolute Gasteiger partial charge is 0.228 e. The first-order valence-electron chi connectivity index (χ1n) is 6.72. The molecule has 0 aliphatic carbocycles. The Morgan fingerprint density at radius 3 is 2.43 bits per heavy atom. The quantitative estimate of drug-likeness (QED) is 0.637. The van der Waals surface area contributed by atoms with E-state index in [1.54, 1.807) is 29.0 Å². The summed E-state index contributed by atoms with van der Waals surface area (Å²) in [5, 5.41) is 13.6. The van der Waals surface area contributed by atoms with Gasteiger partial charge >= 0.3 is 0 Å². The molecule has 2 aromatic carbocycles. The Morgan fingerprint density at radius 1 is 0.857 bits per heavy atom. The van der Waals surface area contributed by atoms with Crippen molar-refractivity contribution in [3.63, 3.8) is 0 Å². The van der Waals surface area contributed by atoms with Crippen molar-refractivity contribution in [2.75, 3.05) is 0 Å². The van der Waals surface area contributed by atoms with Gasteiger partial charge in [0, 0.05) is 11.5 Å². The van der Waals surface area contributed by atoms with E-state index < -0.39 is 0 Å². The molecule has 0 bridgehead atoms. The van der Waals surface area contributed by atoms with Crippen molar-refractivity contribution in [1.29, 1.82) is 0 Å². The van der Waals surface area contributed by atoms with Crippen LogP contribution in [0.4, 0.5) is 0 Å². The maximum Gasteiger partial charge on any atom is 0.228 e. The van der Waals surface area contributed by atoms with E-state index in [1.807, 2.05) is 42.5 Å². The summed E-state index contributed by atoms with van der Waals surface area (Å²) in [6, 6.07) is 18.4. The Kier molecular flexibility index (Phi) is 2.42. The van der Waals surface area contributed by atoms with Gasteiger partial charge in [0.1, 0.15) is 0 Å². The highest BCUT2D eigenvalue weighted by Gasteiger charge is 2.30. The molecule has 0 radical (unpaired) electrons. The molecule has 0 saturated carbocycles. The highest BCUT2D eigenvalue weighted by atomic mass is 16.3. The van der Waals surface area contributed by atoms with E-state index in [9.17, 15) is 9.90 Å². The topological polar surface area (TPSA) is 44.0 Å². The monoisotopic (exact) mass is 273 g/mol. The van der Waals surface area contributed by atoms with Crippen molar-refractivity contribution in [2.24, 2.45) is 0 Å². The number of ketones is 1. The Hall–Kier alpha value is -2.94. The van der Waals surface area contributed by atoms with Crippen molar-refractivity contribution >= 4 is 28.1 Å². The third-order valence-electron chi connectivity index (χ3n) is 3.79. The lowest BCUT2D eigenvalue weighted by Gasteiger charge is -2.19. The van der Waals surface area contributed by atoms with Gasteiger partial charge in [-0.15, -0.1) is 0 Å². The number of rotatable bonds is 1. The van der Waals surface area contributed by atoms with Crippen molar-refractivity contribution < 1.29 is 14.5 Å². The number of hydrogen-bond donors (Lipinski definition) is 0. The molecule has 1 aliphatic heterocycles. The predicted molar refractivity (Wildman–Crippen MR) is 78.0 cm³/mol. The number of hydrogen-bond acceptors (Lipinski definition) is 2. The van der Waals surface area contributed by atoms with Crippen LogP contribution in [0.1, 0.15) is 15.9 Å². The molecule has 0 fully saturated rings. The first-order chi connectivity index (χ1) is 10.3. The molecule has 0 unspecified atom stereocenters. The number of aromatic nitrogens is 1. The number of para-hydroxylation sites is 1. The van der Waals surface area contributed by atoms with Gasteiger partial charge in [-0.3, -0.25) is 4.79 Å². The molecule has 3 nitrogen and oxygen atoms in total. The molecule has 0 amide bonds. The molecule has 4 rings (SSSR count). The number of Topliss-reactive ketones (excluding diaryl/α,β-unsaturated/α-hetero) is 1. The second-order valence-corrected chi connectivity index (χ2v) is 5.00. The minimum Gasteiger partial charge on any atom is -0.822 e. The molecule has 100 valence electrons. The summed E-state index contributed by atoms with van der Waals surface area (Å²) >= 11 is 0. The van der Waals surface area contributed by atoms with Crippen LogP contribution in [0.15, 0.2) is 66.9 Å². The number of carbonyl (C=O) groups is 1. The normalized spacial score (nSPS) is 13.8. The van der Waals surface area contributed by atoms with E-state index >= 15 is 0 Å². The Bertz CT molecular complexity index is 906. The zero-order valence-electron chi connectivity index (χ0n) is 11.1. The van der Waals surface area contributed by atoms with E-state index in [2.05, 4.69) is 0 Å². The summed E-state index contributed by atoms with van der Waals surface area (Å²) in [6.07, 6.45) is 1.71. The van der Waals surface area contributed by atoms with Gasteiger partial charge in [0.05, 0.1) is 11.1 Å². The number of nitrogens with zero attached hydrogens (tertiary/aromatic N) is 1. The van der Waals surface area contributed by atoms with Crippen LogP contribution in [0.5, 0.6) is 0 Å². The van der Waals surface area contributed by atoms with Crippen molar-refractivity contribution in [3.8, 4) is 0 Å². The summed E-state index contributed by atoms with van der Waals surface area (Å²) in [5.74, 6) is -0.474. The minimum atomic E-state index is -0.268. The lowest BCUT2D eigenvalue weighted by molar-refractivity contribution is -0.628. The molecule has 2 heterocycles. The molecular formula is C18H11NO2. The fraction of sp³-hybridized carbons (Fsp3) is 0. The summed E-state index contributed by atoms with van der Waals surface area (Å²) in [5.41, 5.74) is 2.15. The maximum absolute atomic E-state index is 12.7. The molecule has 3 aromatic rings. The van der Waals surface area contributed by atoms with Gasteiger partial charge in [0.25, 0.3) is 0 Å². The van der Waals surface area contributed by atoms with Gasteiger partial charge in [-0.05, 0) is 23.8 Å². The number of pyridine rings is 1. The molecule has 0 N–H and O–H groups in total. The molecule has 0 saturated heterocycles. The molecule has 1 aromatic heterocycles. The van der Waals surface area contributed by atoms with Crippen molar-refractivity contribution in [2.45, 2.75) is 0 Å². The van der Waals surface area contributed by atoms with Crippen molar-refractivity contribution in [1.82, 2.24) is 0 Å². The molecule has 21 heavy (non-hydrogen) atoms. The number of carbonyl (C=O) groups excluding carboxylic acids is 1. The Morgan fingerprint density at radius 2 is 1.62 bits per heavy atom. The predicted octanol–water partition coefficient (Wildman–Crippen LogP) is 2.01. The third-order valence-corrected chi connectivity index (χ3v) is 3.79. The second-order valence-electron chi connectivity index (χ2n) is 5.00. The van der Waals surface area contributed by atoms with Crippen LogP contribution in [0, 0.1) is 0 Å². The van der Waals surface area contributed by atoms with Crippen LogP contribution in [0.25, 0.3) is 22.4 Å². The highest BCUT2D eigenvalue weighted by molar-refractivity contribution is 6.35. The van der Waals surface area contributed by atoms with Crippen LogP contribution < -0.4 is 9.67 Å². The maximum atomic E-state index is 12.7. The largest absolute Gasteiger partial charge is 0.822 e. The Labute approximate surface area is 121 Å². The van der Waals surface area contributed by atoms with Gasteiger partial charge in [-0.1, -0.05) is 36.4 Å². The van der Waals surface area contributed by atoms with E-state index in [4.69, 9.17) is 0 Å². The van der Waals surface area contributed by atoms with Crippen LogP contribution >= 0.6 is 0 Å². The summed E-state index contributed by atoms with van der Waals surface area (Å²) < 4.78 is 1.56. The van der Waals surface area contributed by atoms with E-state index in [0.717, 1.165) is 5.39 Å². The SMILES string of the molecule is O=C1C(c2ccccc2)=C([O-])[n+]2cccc3cccc1c32. The van der Waals surface area contributed by atoms with Crippen LogP contribution in [0.2, 0.25) is 0 Å². The van der Waals surface area contributed by atoms with Gasteiger partial charge in [-0.2, -0.15) is 4.57 Å². The zero-order chi connectivity index (χ0) is 14.4.